The van der Waals surface area contributed by atoms with Crippen molar-refractivity contribution in [2.24, 2.45) is 0 Å². The van der Waals surface area contributed by atoms with E-state index in [2.05, 4.69) is 22.9 Å². The summed E-state index contributed by atoms with van der Waals surface area (Å²) in [7, 11) is 0. The second-order valence-corrected chi connectivity index (χ2v) is 4.18. The molecule has 100 valence electrons. The molecule has 0 heterocycles. The first-order valence-electron chi connectivity index (χ1n) is 6.63. The van der Waals surface area contributed by atoms with Crippen molar-refractivity contribution in [1.29, 1.82) is 0 Å². The predicted octanol–water partition coefficient (Wildman–Crippen LogP) is 2.59. The van der Waals surface area contributed by atoms with Gasteiger partial charge in [0.15, 0.2) is 0 Å². The molecule has 4 heteroatoms. The van der Waals surface area contributed by atoms with Gasteiger partial charge in [-0.2, -0.15) is 0 Å². The Morgan fingerprint density at radius 1 is 1.00 bits per heavy atom. The molecule has 18 heavy (non-hydrogen) atoms. The van der Waals surface area contributed by atoms with Crippen molar-refractivity contribution < 1.29 is 4.79 Å². The summed E-state index contributed by atoms with van der Waals surface area (Å²) in [5.74, 6) is 0. The molecule has 0 aromatic heterocycles. The van der Waals surface area contributed by atoms with E-state index in [1.54, 1.807) is 0 Å². The minimum Gasteiger partial charge on any atom is -0.383 e. The molecule has 0 saturated carbocycles. The Bertz CT molecular complexity index is 327. The summed E-state index contributed by atoms with van der Waals surface area (Å²) in [6, 6.07) is 9.87. The number of hydrogen-bond donors (Lipinski definition) is 3. The summed E-state index contributed by atoms with van der Waals surface area (Å²) in [4.78, 5) is 11.4. The number of rotatable bonds is 8. The Morgan fingerprint density at radius 3 is 2.44 bits per heavy atom. The molecule has 0 spiro atoms. The molecule has 0 unspecified atom stereocenters. The van der Waals surface area contributed by atoms with E-state index in [1.807, 2.05) is 30.3 Å². The fourth-order valence-electron chi connectivity index (χ4n) is 1.58. The molecular weight excluding hydrogens is 226 g/mol. The molecule has 0 atom stereocenters. The van der Waals surface area contributed by atoms with Crippen LogP contribution in [0.4, 0.5) is 10.5 Å². The monoisotopic (exact) mass is 249 g/mol. The first-order chi connectivity index (χ1) is 8.83. The smallest absolute Gasteiger partial charge is 0.314 e. The lowest BCUT2D eigenvalue weighted by Crippen LogP contribution is -2.38. The topological polar surface area (TPSA) is 53.2 Å². The minimum atomic E-state index is -0.0824. The average molecular weight is 249 g/mol. The van der Waals surface area contributed by atoms with Crippen molar-refractivity contribution >= 4 is 11.7 Å². The zero-order valence-electron chi connectivity index (χ0n) is 11.0. The van der Waals surface area contributed by atoms with Gasteiger partial charge in [0.05, 0.1) is 0 Å². The van der Waals surface area contributed by atoms with Crippen molar-refractivity contribution in [2.45, 2.75) is 26.2 Å². The molecule has 2 amide bonds. The molecule has 0 aliphatic carbocycles. The van der Waals surface area contributed by atoms with Crippen molar-refractivity contribution in [3.05, 3.63) is 30.3 Å². The van der Waals surface area contributed by atoms with E-state index in [9.17, 15) is 4.79 Å². The summed E-state index contributed by atoms with van der Waals surface area (Å²) in [5, 5.41) is 8.89. The number of urea groups is 1. The van der Waals surface area contributed by atoms with Crippen LogP contribution < -0.4 is 16.0 Å². The van der Waals surface area contributed by atoms with Crippen molar-refractivity contribution in [3.8, 4) is 0 Å². The van der Waals surface area contributed by atoms with Crippen LogP contribution in [0.5, 0.6) is 0 Å². The zero-order chi connectivity index (χ0) is 13.1. The fraction of sp³-hybridized carbons (Fsp3) is 0.500. The standard InChI is InChI=1S/C14H23N3O/c1-2-3-7-10-16-14(18)17-12-11-15-13-8-5-4-6-9-13/h4-6,8-9,15H,2-3,7,10-12H2,1H3,(H2,16,17,18). The number of carbonyl (C=O) groups excluding carboxylic acids is 1. The van der Waals surface area contributed by atoms with Gasteiger partial charge in [-0.1, -0.05) is 38.0 Å². The molecule has 0 aliphatic rings. The molecular formula is C14H23N3O. The van der Waals surface area contributed by atoms with Crippen LogP contribution in [0.3, 0.4) is 0 Å². The lowest BCUT2D eigenvalue weighted by molar-refractivity contribution is 0.241. The van der Waals surface area contributed by atoms with Crippen molar-refractivity contribution in [2.75, 3.05) is 25.0 Å². The number of hydrogen-bond acceptors (Lipinski definition) is 2. The highest BCUT2D eigenvalue weighted by atomic mass is 16.2. The van der Waals surface area contributed by atoms with Crippen LogP contribution in [0.25, 0.3) is 0 Å². The first kappa shape index (κ1) is 14.4. The highest BCUT2D eigenvalue weighted by molar-refractivity contribution is 5.73. The number of benzene rings is 1. The number of anilines is 1. The van der Waals surface area contributed by atoms with E-state index < -0.39 is 0 Å². The van der Waals surface area contributed by atoms with Gasteiger partial charge in [0.25, 0.3) is 0 Å². The van der Waals surface area contributed by atoms with Crippen molar-refractivity contribution in [3.63, 3.8) is 0 Å². The zero-order valence-corrected chi connectivity index (χ0v) is 11.0. The Hall–Kier alpha value is -1.71. The number of carbonyl (C=O) groups is 1. The van der Waals surface area contributed by atoms with Crippen LogP contribution in [-0.2, 0) is 0 Å². The quantitative estimate of drug-likeness (QED) is 0.620. The molecule has 0 radical (unpaired) electrons. The molecule has 0 bridgehead atoms. The lowest BCUT2D eigenvalue weighted by atomic mass is 10.2. The summed E-state index contributed by atoms with van der Waals surface area (Å²) >= 11 is 0. The summed E-state index contributed by atoms with van der Waals surface area (Å²) in [6.07, 6.45) is 3.38. The van der Waals surface area contributed by atoms with Crippen LogP contribution >= 0.6 is 0 Å². The second kappa shape index (κ2) is 9.33. The minimum absolute atomic E-state index is 0.0824. The number of nitrogens with one attached hydrogen (secondary N) is 3. The van der Waals surface area contributed by atoms with Gasteiger partial charge in [0.1, 0.15) is 0 Å². The third kappa shape index (κ3) is 6.78. The third-order valence-corrected chi connectivity index (χ3v) is 2.58. The second-order valence-electron chi connectivity index (χ2n) is 4.18. The van der Waals surface area contributed by atoms with E-state index in [4.69, 9.17) is 0 Å². The Labute approximate surface area is 109 Å². The van der Waals surface area contributed by atoms with Gasteiger partial charge in [-0.25, -0.2) is 4.79 Å². The number of unbranched alkanes of at least 4 members (excludes halogenated alkanes) is 2. The maximum Gasteiger partial charge on any atom is 0.314 e. The molecule has 1 aromatic carbocycles. The fourth-order valence-corrected chi connectivity index (χ4v) is 1.58. The SMILES string of the molecule is CCCCCNC(=O)NCCNc1ccccc1. The van der Waals surface area contributed by atoms with E-state index >= 15 is 0 Å². The van der Waals surface area contributed by atoms with Crippen LogP contribution in [0.15, 0.2) is 30.3 Å². The van der Waals surface area contributed by atoms with Crippen LogP contribution in [0, 0.1) is 0 Å². The van der Waals surface area contributed by atoms with Gasteiger partial charge in [-0.3, -0.25) is 0 Å². The van der Waals surface area contributed by atoms with E-state index in [1.165, 1.54) is 6.42 Å². The molecule has 0 saturated heterocycles. The summed E-state index contributed by atoms with van der Waals surface area (Å²) in [6.45, 7) is 4.25. The lowest BCUT2D eigenvalue weighted by Gasteiger charge is -2.09. The Morgan fingerprint density at radius 2 is 1.72 bits per heavy atom. The van der Waals surface area contributed by atoms with Crippen LogP contribution in [0.2, 0.25) is 0 Å². The Balaban J connectivity index is 1.99. The molecule has 1 aromatic rings. The van der Waals surface area contributed by atoms with E-state index in [0.717, 1.165) is 31.6 Å². The number of para-hydroxylation sites is 1. The maximum absolute atomic E-state index is 11.4. The Kier molecular flexibility index (Phi) is 7.44. The van der Waals surface area contributed by atoms with Crippen LogP contribution in [-0.4, -0.2) is 25.7 Å². The molecule has 0 aliphatic heterocycles. The molecule has 1 rings (SSSR count). The van der Waals surface area contributed by atoms with Crippen LogP contribution in [0.1, 0.15) is 26.2 Å². The van der Waals surface area contributed by atoms with Gasteiger partial charge < -0.3 is 16.0 Å². The highest BCUT2D eigenvalue weighted by Crippen LogP contribution is 2.03. The van der Waals surface area contributed by atoms with Gasteiger partial charge in [-0.05, 0) is 18.6 Å². The normalized spacial score (nSPS) is 9.83. The van der Waals surface area contributed by atoms with Gasteiger partial charge >= 0.3 is 6.03 Å². The van der Waals surface area contributed by atoms with Gasteiger partial charge in [0, 0.05) is 25.3 Å². The van der Waals surface area contributed by atoms with Gasteiger partial charge in [-0.15, -0.1) is 0 Å². The predicted molar refractivity (Wildman–Crippen MR) is 75.9 cm³/mol. The third-order valence-electron chi connectivity index (χ3n) is 2.58. The van der Waals surface area contributed by atoms with E-state index in [-0.39, 0.29) is 6.03 Å². The maximum atomic E-state index is 11.4. The molecule has 4 nitrogen and oxygen atoms in total. The van der Waals surface area contributed by atoms with Crippen molar-refractivity contribution in [1.82, 2.24) is 10.6 Å². The highest BCUT2D eigenvalue weighted by Gasteiger charge is 1.97. The molecule has 0 fully saturated rings. The molecule has 3 N–H and O–H groups in total. The first-order valence-corrected chi connectivity index (χ1v) is 6.63. The number of amides is 2. The average Bonchev–Trinajstić information content (AvgIpc) is 2.41. The van der Waals surface area contributed by atoms with E-state index in [0.29, 0.717) is 6.54 Å². The van der Waals surface area contributed by atoms with Gasteiger partial charge in [0.2, 0.25) is 0 Å². The summed E-state index contributed by atoms with van der Waals surface area (Å²) < 4.78 is 0. The largest absolute Gasteiger partial charge is 0.383 e. The summed E-state index contributed by atoms with van der Waals surface area (Å²) in [5.41, 5.74) is 1.07.